The third kappa shape index (κ3) is 2.74. The molecule has 0 bridgehead atoms. The number of ether oxygens (including phenoxy) is 1. The number of rotatable bonds is 5. The van der Waals surface area contributed by atoms with Gasteiger partial charge in [-0.3, -0.25) is 0 Å². The number of thiophene rings is 1. The topological polar surface area (TPSA) is 89.7 Å². The summed E-state index contributed by atoms with van der Waals surface area (Å²) >= 11 is 1.11. The van der Waals surface area contributed by atoms with Crippen molar-refractivity contribution in [2.75, 3.05) is 20.7 Å². The fourth-order valence-corrected chi connectivity index (χ4v) is 5.18. The van der Waals surface area contributed by atoms with Crippen LogP contribution in [0.1, 0.15) is 16.6 Å². The summed E-state index contributed by atoms with van der Waals surface area (Å²) in [6, 6.07) is 6.61. The largest absolute Gasteiger partial charge is 0.465 e. The Hall–Kier alpha value is -1.48. The number of nitrogens with zero attached hydrogens (tertiary/aromatic N) is 1. The fourth-order valence-electron chi connectivity index (χ4n) is 2.03. The summed E-state index contributed by atoms with van der Waals surface area (Å²) in [4.78, 5) is 12.1. The highest BCUT2D eigenvalue weighted by molar-refractivity contribution is 7.89. The van der Waals surface area contributed by atoms with E-state index in [1.54, 1.807) is 31.2 Å². The molecule has 0 saturated heterocycles. The average Bonchev–Trinajstić information content (AvgIpc) is 2.92. The second kappa shape index (κ2) is 6.33. The van der Waals surface area contributed by atoms with Gasteiger partial charge < -0.3 is 10.5 Å². The lowest BCUT2D eigenvalue weighted by molar-refractivity contribution is 0.0602. The number of hydrogen-bond donors (Lipinski definition) is 1. The van der Waals surface area contributed by atoms with Crippen LogP contribution in [0.2, 0.25) is 0 Å². The first-order valence-electron chi connectivity index (χ1n) is 6.62. The molecule has 0 aliphatic carbocycles. The van der Waals surface area contributed by atoms with Gasteiger partial charge in [-0.05, 0) is 13.0 Å². The third-order valence-electron chi connectivity index (χ3n) is 3.52. The molecule has 2 N–H and O–H groups in total. The van der Waals surface area contributed by atoms with Crippen molar-refractivity contribution in [1.82, 2.24) is 4.31 Å². The van der Waals surface area contributed by atoms with Crippen LogP contribution in [0.4, 0.5) is 0 Å². The van der Waals surface area contributed by atoms with Gasteiger partial charge in [-0.25, -0.2) is 13.2 Å². The van der Waals surface area contributed by atoms with Crippen molar-refractivity contribution in [3.8, 4) is 0 Å². The third-order valence-corrected chi connectivity index (χ3v) is 6.86. The van der Waals surface area contributed by atoms with Crippen molar-refractivity contribution < 1.29 is 17.9 Å². The zero-order chi connectivity index (χ0) is 16.5. The van der Waals surface area contributed by atoms with Crippen molar-refractivity contribution in [1.29, 1.82) is 0 Å². The van der Waals surface area contributed by atoms with Crippen molar-refractivity contribution in [2.45, 2.75) is 17.9 Å². The van der Waals surface area contributed by atoms with Gasteiger partial charge >= 0.3 is 5.97 Å². The van der Waals surface area contributed by atoms with Crippen LogP contribution in [0.15, 0.2) is 29.2 Å². The van der Waals surface area contributed by atoms with Gasteiger partial charge in [0.1, 0.15) is 9.77 Å². The lowest BCUT2D eigenvalue weighted by Gasteiger charge is -2.23. The maximum absolute atomic E-state index is 12.9. The second-order valence-electron chi connectivity index (χ2n) is 4.85. The highest BCUT2D eigenvalue weighted by Gasteiger charge is 2.33. The molecule has 6 nitrogen and oxygen atoms in total. The number of carbonyl (C=O) groups is 1. The molecule has 0 radical (unpaired) electrons. The van der Waals surface area contributed by atoms with Gasteiger partial charge in [0.05, 0.1) is 7.11 Å². The van der Waals surface area contributed by atoms with Gasteiger partial charge in [0.2, 0.25) is 10.0 Å². The zero-order valence-corrected chi connectivity index (χ0v) is 14.2. The standard InChI is InChI=1S/C14H18N2O4S2/c1-9(8-15)16(2)22(18,19)13-10-6-4-5-7-11(10)21-12(13)14(17)20-3/h4-7,9H,8,15H2,1-3H3. The highest BCUT2D eigenvalue weighted by atomic mass is 32.2. The summed E-state index contributed by atoms with van der Waals surface area (Å²) in [6.45, 7) is 1.90. The van der Waals surface area contributed by atoms with Gasteiger partial charge in [-0.2, -0.15) is 4.31 Å². The first-order valence-corrected chi connectivity index (χ1v) is 8.88. The van der Waals surface area contributed by atoms with E-state index in [1.807, 2.05) is 0 Å². The monoisotopic (exact) mass is 342 g/mol. The molecule has 1 aromatic heterocycles. The van der Waals surface area contributed by atoms with E-state index < -0.39 is 16.0 Å². The average molecular weight is 342 g/mol. The Kier molecular flexibility index (Phi) is 4.86. The minimum atomic E-state index is -3.86. The minimum Gasteiger partial charge on any atom is -0.465 e. The number of esters is 1. The minimum absolute atomic E-state index is 0.0113. The van der Waals surface area contributed by atoms with Crippen LogP contribution in [0, 0.1) is 0 Å². The molecular weight excluding hydrogens is 324 g/mol. The Labute approximate surface area is 133 Å². The molecule has 1 heterocycles. The van der Waals surface area contributed by atoms with E-state index in [9.17, 15) is 13.2 Å². The van der Waals surface area contributed by atoms with Crippen LogP contribution < -0.4 is 5.73 Å². The van der Waals surface area contributed by atoms with Gasteiger partial charge in [0.15, 0.2) is 0 Å². The normalized spacial score (nSPS) is 13.5. The van der Waals surface area contributed by atoms with Crippen molar-refractivity contribution in [3.63, 3.8) is 0 Å². The maximum Gasteiger partial charge on any atom is 0.349 e. The maximum atomic E-state index is 12.9. The van der Waals surface area contributed by atoms with Crippen LogP contribution in [0.5, 0.6) is 0 Å². The number of fused-ring (bicyclic) bond motifs is 1. The Morgan fingerprint density at radius 3 is 2.64 bits per heavy atom. The van der Waals surface area contributed by atoms with E-state index in [0.29, 0.717) is 5.39 Å². The summed E-state index contributed by atoms with van der Waals surface area (Å²) in [6.07, 6.45) is 0. The van der Waals surface area contributed by atoms with Crippen LogP contribution in [0.3, 0.4) is 0 Å². The molecule has 1 atom stereocenters. The second-order valence-corrected chi connectivity index (χ2v) is 7.84. The molecule has 2 aromatic rings. The zero-order valence-electron chi connectivity index (χ0n) is 12.6. The summed E-state index contributed by atoms with van der Waals surface area (Å²) in [5, 5.41) is 0.518. The number of hydrogen-bond acceptors (Lipinski definition) is 6. The highest BCUT2D eigenvalue weighted by Crippen LogP contribution is 2.36. The fraction of sp³-hybridized carbons (Fsp3) is 0.357. The molecule has 1 unspecified atom stereocenters. The first-order chi connectivity index (χ1) is 10.3. The Morgan fingerprint density at radius 1 is 1.41 bits per heavy atom. The molecular formula is C14H18N2O4S2. The predicted molar refractivity (Wildman–Crippen MR) is 86.6 cm³/mol. The van der Waals surface area contributed by atoms with Crippen molar-refractivity contribution >= 4 is 37.4 Å². The molecule has 120 valence electrons. The van der Waals surface area contributed by atoms with E-state index in [4.69, 9.17) is 10.5 Å². The molecule has 0 spiro atoms. The number of nitrogens with two attached hydrogens (primary N) is 1. The van der Waals surface area contributed by atoms with Gasteiger partial charge in [-0.15, -0.1) is 11.3 Å². The summed E-state index contributed by atoms with van der Waals surface area (Å²) in [5.74, 6) is -0.659. The Morgan fingerprint density at radius 2 is 2.05 bits per heavy atom. The Bertz CT molecular complexity index is 798. The summed E-state index contributed by atoms with van der Waals surface area (Å²) < 4.78 is 32.5. The van der Waals surface area contributed by atoms with Crippen molar-refractivity contribution in [2.24, 2.45) is 5.73 Å². The van der Waals surface area contributed by atoms with Gasteiger partial charge in [-0.1, -0.05) is 18.2 Å². The predicted octanol–water partition coefficient (Wildman–Crippen LogP) is 1.66. The van der Waals surface area contributed by atoms with Gasteiger partial charge in [0, 0.05) is 29.7 Å². The van der Waals surface area contributed by atoms with E-state index >= 15 is 0 Å². The van der Waals surface area contributed by atoms with E-state index in [1.165, 1.54) is 18.5 Å². The smallest absolute Gasteiger partial charge is 0.349 e. The van der Waals surface area contributed by atoms with E-state index in [2.05, 4.69) is 0 Å². The first kappa shape index (κ1) is 16.9. The molecule has 1 aromatic carbocycles. The van der Waals surface area contributed by atoms with Crippen LogP contribution in [0.25, 0.3) is 10.1 Å². The van der Waals surface area contributed by atoms with Crippen LogP contribution in [-0.4, -0.2) is 45.4 Å². The number of methoxy groups -OCH3 is 1. The molecule has 22 heavy (non-hydrogen) atoms. The van der Waals surface area contributed by atoms with Gasteiger partial charge in [0.25, 0.3) is 0 Å². The van der Waals surface area contributed by atoms with Crippen LogP contribution >= 0.6 is 11.3 Å². The number of likely N-dealkylation sites (N-methyl/N-ethyl adjacent to an activating group) is 1. The summed E-state index contributed by atoms with van der Waals surface area (Å²) in [7, 11) is -1.17. The molecule has 0 amide bonds. The van der Waals surface area contributed by atoms with E-state index in [-0.39, 0.29) is 22.4 Å². The number of benzene rings is 1. The molecule has 0 aliphatic rings. The number of sulfonamides is 1. The summed E-state index contributed by atoms with van der Waals surface area (Å²) in [5.41, 5.74) is 5.56. The lowest BCUT2D eigenvalue weighted by atomic mass is 10.2. The lowest BCUT2D eigenvalue weighted by Crippen LogP contribution is -2.40. The molecule has 2 rings (SSSR count). The molecule has 0 aliphatic heterocycles. The molecule has 8 heteroatoms. The molecule has 0 saturated carbocycles. The van der Waals surface area contributed by atoms with Crippen LogP contribution in [-0.2, 0) is 14.8 Å². The molecule has 0 fully saturated rings. The SMILES string of the molecule is COC(=O)c1sc2ccccc2c1S(=O)(=O)N(C)C(C)CN. The Balaban J connectivity index is 2.75. The van der Waals surface area contributed by atoms with E-state index in [0.717, 1.165) is 16.0 Å². The quantitative estimate of drug-likeness (QED) is 0.835. The number of carbonyl (C=O) groups excluding carboxylic acids is 1. The van der Waals surface area contributed by atoms with Crippen molar-refractivity contribution in [3.05, 3.63) is 29.1 Å².